The first kappa shape index (κ1) is 9.80. The molecule has 5 heteroatoms. The second kappa shape index (κ2) is 4.09. The summed E-state index contributed by atoms with van der Waals surface area (Å²) in [6, 6.07) is 2.59. The van der Waals surface area contributed by atoms with Crippen LogP contribution in [0.5, 0.6) is 0 Å². The summed E-state index contributed by atoms with van der Waals surface area (Å²) in [5.41, 5.74) is 0.648. The van der Waals surface area contributed by atoms with Crippen LogP contribution in [-0.2, 0) is 4.79 Å². The van der Waals surface area contributed by atoms with E-state index in [2.05, 4.69) is 10.3 Å². The fourth-order valence-electron chi connectivity index (χ4n) is 0.804. The van der Waals surface area contributed by atoms with Gasteiger partial charge in [-0.2, -0.15) is 0 Å². The molecule has 1 heterocycles. The summed E-state index contributed by atoms with van der Waals surface area (Å²) >= 11 is 5.61. The molecule has 0 aliphatic heterocycles. The number of hydrogen-bond donors (Lipinski definition) is 2. The number of carboxylic acids is 1. The first-order valence-electron chi connectivity index (χ1n) is 3.70. The van der Waals surface area contributed by atoms with Gasteiger partial charge in [-0.15, -0.1) is 0 Å². The monoisotopic (exact) mass is 200 g/mol. The van der Waals surface area contributed by atoms with Crippen LogP contribution >= 0.6 is 11.6 Å². The molecule has 0 saturated heterocycles. The van der Waals surface area contributed by atoms with Crippen molar-refractivity contribution in [3.8, 4) is 0 Å². The molecule has 0 bridgehead atoms. The largest absolute Gasteiger partial charge is 0.480 e. The molecule has 1 aromatic rings. The number of carbonyl (C=O) groups is 1. The molecule has 0 amide bonds. The number of halogens is 1. The van der Waals surface area contributed by atoms with Gasteiger partial charge in [0, 0.05) is 11.9 Å². The molecule has 1 atom stereocenters. The number of carboxylic acid groups (broad SMARTS) is 1. The fraction of sp³-hybridized carbons (Fsp3) is 0.250. The Labute approximate surface area is 80.6 Å². The third kappa shape index (κ3) is 2.91. The molecule has 1 rings (SSSR count). The quantitative estimate of drug-likeness (QED) is 0.728. The van der Waals surface area contributed by atoms with Crippen molar-refractivity contribution in [2.24, 2.45) is 0 Å². The minimum absolute atomic E-state index is 0.336. The van der Waals surface area contributed by atoms with E-state index in [1.807, 2.05) is 0 Å². The summed E-state index contributed by atoms with van der Waals surface area (Å²) in [6.45, 7) is 1.55. The van der Waals surface area contributed by atoms with Crippen LogP contribution in [0.25, 0.3) is 0 Å². The Morgan fingerprint density at radius 1 is 1.77 bits per heavy atom. The van der Waals surface area contributed by atoms with E-state index < -0.39 is 12.0 Å². The smallest absolute Gasteiger partial charge is 0.325 e. The van der Waals surface area contributed by atoms with Crippen LogP contribution in [0.1, 0.15) is 6.92 Å². The highest BCUT2D eigenvalue weighted by Crippen LogP contribution is 2.12. The number of nitrogens with one attached hydrogen (secondary N) is 1. The minimum atomic E-state index is -0.909. The summed E-state index contributed by atoms with van der Waals surface area (Å²) in [6.07, 6.45) is 1.51. The van der Waals surface area contributed by atoms with Crippen LogP contribution in [0.15, 0.2) is 18.3 Å². The standard InChI is InChI=1S/C8H9ClN2O2/c1-5(8(12)13)11-6-2-3-10-7(9)4-6/h2-5H,1H3,(H,10,11)(H,12,13)/t5-/m1/s1. The van der Waals surface area contributed by atoms with Gasteiger partial charge in [0.15, 0.2) is 0 Å². The molecule has 4 nitrogen and oxygen atoms in total. The van der Waals surface area contributed by atoms with Crippen LogP contribution in [0.4, 0.5) is 5.69 Å². The Kier molecular flexibility index (Phi) is 3.08. The van der Waals surface area contributed by atoms with Gasteiger partial charge in [-0.25, -0.2) is 4.98 Å². The van der Waals surface area contributed by atoms with Crippen LogP contribution < -0.4 is 5.32 Å². The van der Waals surface area contributed by atoms with Gasteiger partial charge < -0.3 is 10.4 Å². The van der Waals surface area contributed by atoms with Crippen molar-refractivity contribution in [2.75, 3.05) is 5.32 Å². The van der Waals surface area contributed by atoms with Gasteiger partial charge in [0.25, 0.3) is 0 Å². The summed E-state index contributed by atoms with van der Waals surface area (Å²) in [5, 5.41) is 11.7. The maximum absolute atomic E-state index is 10.5. The lowest BCUT2D eigenvalue weighted by molar-refractivity contribution is -0.137. The Hall–Kier alpha value is -1.29. The van der Waals surface area contributed by atoms with Crippen LogP contribution in [0.2, 0.25) is 5.15 Å². The molecule has 0 aliphatic carbocycles. The lowest BCUT2D eigenvalue weighted by atomic mass is 10.3. The van der Waals surface area contributed by atoms with E-state index in [9.17, 15) is 4.79 Å². The third-order valence-electron chi connectivity index (χ3n) is 1.48. The van der Waals surface area contributed by atoms with Gasteiger partial charge in [0.05, 0.1) is 0 Å². The van der Waals surface area contributed by atoms with E-state index in [1.165, 1.54) is 6.20 Å². The van der Waals surface area contributed by atoms with Crippen molar-refractivity contribution in [2.45, 2.75) is 13.0 Å². The van der Waals surface area contributed by atoms with Gasteiger partial charge in [0.1, 0.15) is 11.2 Å². The summed E-state index contributed by atoms with van der Waals surface area (Å²) in [4.78, 5) is 14.2. The van der Waals surface area contributed by atoms with Crippen molar-refractivity contribution in [3.05, 3.63) is 23.5 Å². The number of anilines is 1. The van der Waals surface area contributed by atoms with Gasteiger partial charge in [-0.1, -0.05) is 11.6 Å². The summed E-state index contributed by atoms with van der Waals surface area (Å²) in [5.74, 6) is -0.909. The SMILES string of the molecule is C[C@@H](Nc1ccnc(Cl)c1)C(=O)O. The second-order valence-electron chi connectivity index (χ2n) is 2.57. The predicted octanol–water partition coefficient (Wildman–Crippen LogP) is 1.62. The van der Waals surface area contributed by atoms with E-state index in [4.69, 9.17) is 16.7 Å². The molecule has 13 heavy (non-hydrogen) atoms. The van der Waals surface area contributed by atoms with E-state index in [-0.39, 0.29) is 0 Å². The maximum atomic E-state index is 10.5. The maximum Gasteiger partial charge on any atom is 0.325 e. The highest BCUT2D eigenvalue weighted by Gasteiger charge is 2.09. The lowest BCUT2D eigenvalue weighted by Gasteiger charge is -2.09. The van der Waals surface area contributed by atoms with Crippen molar-refractivity contribution < 1.29 is 9.90 Å². The third-order valence-corrected chi connectivity index (χ3v) is 1.69. The van der Waals surface area contributed by atoms with Crippen molar-refractivity contribution >= 4 is 23.3 Å². The van der Waals surface area contributed by atoms with Gasteiger partial charge >= 0.3 is 5.97 Å². The molecule has 0 saturated carbocycles. The normalized spacial score (nSPS) is 12.2. The average molecular weight is 201 g/mol. The van der Waals surface area contributed by atoms with E-state index in [0.717, 1.165) is 0 Å². The van der Waals surface area contributed by atoms with E-state index in [1.54, 1.807) is 19.1 Å². The molecule has 0 spiro atoms. The van der Waals surface area contributed by atoms with E-state index in [0.29, 0.717) is 10.8 Å². The minimum Gasteiger partial charge on any atom is -0.480 e. The topological polar surface area (TPSA) is 62.2 Å². The number of pyridine rings is 1. The number of nitrogens with zero attached hydrogens (tertiary/aromatic N) is 1. The molecule has 0 radical (unpaired) electrons. The zero-order valence-electron chi connectivity index (χ0n) is 6.99. The van der Waals surface area contributed by atoms with Crippen LogP contribution in [-0.4, -0.2) is 22.1 Å². The Balaban J connectivity index is 2.69. The second-order valence-corrected chi connectivity index (χ2v) is 2.96. The van der Waals surface area contributed by atoms with Gasteiger partial charge in [0.2, 0.25) is 0 Å². The molecule has 1 aromatic heterocycles. The van der Waals surface area contributed by atoms with Crippen molar-refractivity contribution in [3.63, 3.8) is 0 Å². The van der Waals surface area contributed by atoms with Crippen LogP contribution in [0.3, 0.4) is 0 Å². The molecule has 0 aromatic carbocycles. The Bertz CT molecular complexity index is 317. The molecule has 70 valence electrons. The molecular formula is C8H9ClN2O2. The molecule has 0 unspecified atom stereocenters. The first-order chi connectivity index (χ1) is 6.09. The lowest BCUT2D eigenvalue weighted by Crippen LogP contribution is -2.25. The summed E-state index contributed by atoms with van der Waals surface area (Å²) in [7, 11) is 0. The number of aliphatic carboxylic acids is 1. The zero-order valence-corrected chi connectivity index (χ0v) is 7.75. The van der Waals surface area contributed by atoms with Crippen molar-refractivity contribution in [1.82, 2.24) is 4.98 Å². The number of hydrogen-bond acceptors (Lipinski definition) is 3. The average Bonchev–Trinajstić information content (AvgIpc) is 2.04. The van der Waals surface area contributed by atoms with Gasteiger partial charge in [-0.05, 0) is 19.1 Å². The van der Waals surface area contributed by atoms with E-state index >= 15 is 0 Å². The Morgan fingerprint density at radius 2 is 2.46 bits per heavy atom. The first-order valence-corrected chi connectivity index (χ1v) is 4.08. The highest BCUT2D eigenvalue weighted by molar-refractivity contribution is 6.29. The Morgan fingerprint density at radius 3 is 3.00 bits per heavy atom. The molecule has 2 N–H and O–H groups in total. The molecule has 0 fully saturated rings. The summed E-state index contributed by atoms with van der Waals surface area (Å²) < 4.78 is 0. The van der Waals surface area contributed by atoms with Crippen molar-refractivity contribution in [1.29, 1.82) is 0 Å². The highest BCUT2D eigenvalue weighted by atomic mass is 35.5. The number of aromatic nitrogens is 1. The predicted molar refractivity (Wildman–Crippen MR) is 50.0 cm³/mol. The molecule has 0 aliphatic rings. The van der Waals surface area contributed by atoms with Gasteiger partial charge in [-0.3, -0.25) is 4.79 Å². The number of rotatable bonds is 3. The fourth-order valence-corrected chi connectivity index (χ4v) is 0.978. The van der Waals surface area contributed by atoms with Crippen LogP contribution in [0, 0.1) is 0 Å². The molecular weight excluding hydrogens is 192 g/mol. The zero-order chi connectivity index (χ0) is 9.84.